The highest BCUT2D eigenvalue weighted by atomic mass is 16.5. The molecule has 4 rings (SSSR count). The van der Waals surface area contributed by atoms with E-state index in [0.29, 0.717) is 12.5 Å². The van der Waals surface area contributed by atoms with Crippen LogP contribution in [-0.4, -0.2) is 12.0 Å². The summed E-state index contributed by atoms with van der Waals surface area (Å²) >= 11 is 0. The number of hydrogen-bond donors (Lipinski definition) is 1. The highest BCUT2D eigenvalue weighted by molar-refractivity contribution is 5.76. The van der Waals surface area contributed by atoms with E-state index < -0.39 is 0 Å². The Labute approximate surface area is 166 Å². The number of hydrogen-bond acceptors (Lipinski definition) is 3. The number of ether oxygens (including phenoxy) is 1. The van der Waals surface area contributed by atoms with Crippen LogP contribution in [0.5, 0.6) is 0 Å². The molecule has 1 N–H and O–H groups in total. The van der Waals surface area contributed by atoms with E-state index in [4.69, 9.17) is 4.74 Å². The average Bonchev–Trinajstić information content (AvgIpc) is 3.18. The predicted octanol–water partition coefficient (Wildman–Crippen LogP) is 4.69. The fraction of sp³-hybridized carbons (Fsp3) is 0.240. The van der Waals surface area contributed by atoms with Gasteiger partial charge in [0, 0.05) is 6.04 Å². The van der Waals surface area contributed by atoms with Gasteiger partial charge in [-0.25, -0.2) is 0 Å². The molecule has 0 spiro atoms. The molecule has 3 atom stereocenters. The molecule has 1 fully saturated rings. The third kappa shape index (κ3) is 4.49. The number of rotatable bonds is 6. The molecule has 0 aromatic heterocycles. The van der Waals surface area contributed by atoms with Gasteiger partial charge in [-0.3, -0.25) is 10.1 Å². The summed E-state index contributed by atoms with van der Waals surface area (Å²) in [5.41, 5.74) is 3.53. The molecule has 0 radical (unpaired) electrons. The molecule has 28 heavy (non-hydrogen) atoms. The molecule has 0 saturated carbocycles. The maximum atomic E-state index is 12.7. The summed E-state index contributed by atoms with van der Waals surface area (Å²) in [7, 11) is 0. The molecular weight excluding hydrogens is 346 g/mol. The number of nitrogens with one attached hydrogen (secondary N) is 1. The largest absolute Gasteiger partial charge is 0.460 e. The van der Waals surface area contributed by atoms with E-state index in [1.807, 2.05) is 42.5 Å². The van der Waals surface area contributed by atoms with Gasteiger partial charge < -0.3 is 4.74 Å². The van der Waals surface area contributed by atoms with Crippen LogP contribution in [0.2, 0.25) is 0 Å². The van der Waals surface area contributed by atoms with Crippen molar-refractivity contribution in [2.45, 2.75) is 31.5 Å². The maximum absolute atomic E-state index is 12.7. The van der Waals surface area contributed by atoms with Gasteiger partial charge in [-0.05, 0) is 35.4 Å². The van der Waals surface area contributed by atoms with Crippen molar-refractivity contribution in [3.63, 3.8) is 0 Å². The molecule has 0 bridgehead atoms. The summed E-state index contributed by atoms with van der Waals surface area (Å²) in [6.45, 7) is 0.317. The van der Waals surface area contributed by atoms with Crippen LogP contribution in [0, 0.1) is 5.92 Å². The van der Waals surface area contributed by atoms with Crippen LogP contribution in [-0.2, 0) is 22.6 Å². The van der Waals surface area contributed by atoms with Gasteiger partial charge in [-0.2, -0.15) is 0 Å². The van der Waals surface area contributed by atoms with E-state index in [9.17, 15) is 4.79 Å². The van der Waals surface area contributed by atoms with Crippen LogP contribution in [0.3, 0.4) is 0 Å². The van der Waals surface area contributed by atoms with Crippen LogP contribution >= 0.6 is 0 Å². The Morgan fingerprint density at radius 3 is 2.04 bits per heavy atom. The molecule has 1 unspecified atom stereocenters. The van der Waals surface area contributed by atoms with Gasteiger partial charge in [0.2, 0.25) is 0 Å². The van der Waals surface area contributed by atoms with Crippen LogP contribution in [0.15, 0.2) is 91.0 Å². The Morgan fingerprint density at radius 2 is 1.39 bits per heavy atom. The molecule has 0 aliphatic carbocycles. The lowest BCUT2D eigenvalue weighted by molar-refractivity contribution is -0.147. The number of carbonyl (C=O) groups excluding carboxylic acids is 1. The van der Waals surface area contributed by atoms with Crippen LogP contribution in [0.25, 0.3) is 0 Å². The fourth-order valence-corrected chi connectivity index (χ4v) is 4.00. The highest BCUT2D eigenvalue weighted by Crippen LogP contribution is 2.35. The molecule has 3 heteroatoms. The Bertz CT molecular complexity index is 880. The SMILES string of the molecule is O=C(OCc1ccccc1)[C@@H]1C[C@@H](Cc2ccccc2)C(c2ccccc2)N1. The number of esters is 1. The summed E-state index contributed by atoms with van der Waals surface area (Å²) in [5, 5.41) is 3.54. The van der Waals surface area contributed by atoms with Crippen molar-refractivity contribution in [3.05, 3.63) is 108 Å². The molecule has 1 heterocycles. The Balaban J connectivity index is 1.46. The fourth-order valence-electron chi connectivity index (χ4n) is 4.00. The van der Waals surface area contributed by atoms with Crippen LogP contribution in [0.4, 0.5) is 0 Å². The van der Waals surface area contributed by atoms with Gasteiger partial charge in [0.1, 0.15) is 12.6 Å². The second-order valence-electron chi connectivity index (χ2n) is 7.39. The van der Waals surface area contributed by atoms with Gasteiger partial charge in [0.25, 0.3) is 0 Å². The second-order valence-corrected chi connectivity index (χ2v) is 7.39. The summed E-state index contributed by atoms with van der Waals surface area (Å²) in [6.07, 6.45) is 1.72. The van der Waals surface area contributed by atoms with E-state index >= 15 is 0 Å². The van der Waals surface area contributed by atoms with Crippen LogP contribution in [0.1, 0.15) is 29.2 Å². The Hall–Kier alpha value is -2.91. The van der Waals surface area contributed by atoms with Crippen molar-refractivity contribution in [1.82, 2.24) is 5.32 Å². The zero-order valence-electron chi connectivity index (χ0n) is 15.8. The van der Waals surface area contributed by atoms with Crippen LogP contribution < -0.4 is 5.32 Å². The molecule has 0 amide bonds. The number of carbonyl (C=O) groups is 1. The van der Waals surface area contributed by atoms with Gasteiger partial charge in [0.05, 0.1) is 0 Å². The first kappa shape index (κ1) is 18.5. The summed E-state index contributed by atoms with van der Waals surface area (Å²) in [6, 6.07) is 30.6. The number of benzene rings is 3. The minimum absolute atomic E-state index is 0.149. The van der Waals surface area contributed by atoms with E-state index in [1.54, 1.807) is 0 Å². The molecule has 142 valence electrons. The minimum Gasteiger partial charge on any atom is -0.460 e. The highest BCUT2D eigenvalue weighted by Gasteiger charge is 2.38. The zero-order chi connectivity index (χ0) is 19.2. The summed E-state index contributed by atoms with van der Waals surface area (Å²) < 4.78 is 5.59. The first-order valence-electron chi connectivity index (χ1n) is 9.85. The van der Waals surface area contributed by atoms with E-state index in [2.05, 4.69) is 53.8 Å². The van der Waals surface area contributed by atoms with E-state index in [1.165, 1.54) is 11.1 Å². The van der Waals surface area contributed by atoms with Crippen molar-refractivity contribution >= 4 is 5.97 Å². The Morgan fingerprint density at radius 1 is 0.821 bits per heavy atom. The first-order valence-corrected chi connectivity index (χ1v) is 9.85. The van der Waals surface area contributed by atoms with E-state index in [0.717, 1.165) is 18.4 Å². The quantitative estimate of drug-likeness (QED) is 0.639. The lowest BCUT2D eigenvalue weighted by Gasteiger charge is -2.20. The first-order chi connectivity index (χ1) is 13.8. The van der Waals surface area contributed by atoms with Crippen molar-refractivity contribution in [2.75, 3.05) is 0 Å². The molecule has 3 nitrogen and oxygen atoms in total. The normalized spacial score (nSPS) is 21.4. The monoisotopic (exact) mass is 371 g/mol. The van der Waals surface area contributed by atoms with Crippen molar-refractivity contribution in [3.8, 4) is 0 Å². The minimum atomic E-state index is -0.275. The van der Waals surface area contributed by atoms with Crippen molar-refractivity contribution in [1.29, 1.82) is 0 Å². The lowest BCUT2D eigenvalue weighted by Crippen LogP contribution is -2.33. The molecule has 1 aliphatic rings. The molecule has 1 saturated heterocycles. The summed E-state index contributed by atoms with van der Waals surface area (Å²) in [5.74, 6) is 0.180. The molecule has 3 aromatic carbocycles. The molecule has 1 aliphatic heterocycles. The standard InChI is InChI=1S/C25H25NO2/c27-25(28-18-20-12-6-2-7-13-20)23-17-22(16-19-10-4-1-5-11-19)24(26-23)21-14-8-3-9-15-21/h1-15,22-24,26H,16-18H2/t22-,23+,24?/m1/s1. The van der Waals surface area contributed by atoms with Crippen molar-refractivity contribution < 1.29 is 9.53 Å². The zero-order valence-corrected chi connectivity index (χ0v) is 15.8. The molecular formula is C25H25NO2. The Kier molecular flexibility index (Phi) is 5.83. The third-order valence-electron chi connectivity index (χ3n) is 5.40. The van der Waals surface area contributed by atoms with Gasteiger partial charge in [0.15, 0.2) is 0 Å². The maximum Gasteiger partial charge on any atom is 0.323 e. The lowest BCUT2D eigenvalue weighted by atomic mass is 9.88. The summed E-state index contributed by atoms with van der Waals surface area (Å²) in [4.78, 5) is 12.7. The second kappa shape index (κ2) is 8.85. The smallest absolute Gasteiger partial charge is 0.323 e. The average molecular weight is 371 g/mol. The topological polar surface area (TPSA) is 38.3 Å². The molecule has 3 aromatic rings. The predicted molar refractivity (Wildman–Crippen MR) is 111 cm³/mol. The van der Waals surface area contributed by atoms with Crippen molar-refractivity contribution in [2.24, 2.45) is 5.92 Å². The third-order valence-corrected chi connectivity index (χ3v) is 5.40. The van der Waals surface area contributed by atoms with Gasteiger partial charge in [-0.15, -0.1) is 0 Å². The van der Waals surface area contributed by atoms with E-state index in [-0.39, 0.29) is 18.1 Å². The van der Waals surface area contributed by atoms with Gasteiger partial charge >= 0.3 is 5.97 Å². The van der Waals surface area contributed by atoms with Gasteiger partial charge in [-0.1, -0.05) is 91.0 Å².